The van der Waals surface area contributed by atoms with Gasteiger partial charge in [-0.3, -0.25) is 4.79 Å². The maximum absolute atomic E-state index is 10.8. The average Bonchev–Trinajstić information content (AvgIpc) is 2.16. The van der Waals surface area contributed by atoms with Crippen LogP contribution in [0.25, 0.3) is 0 Å². The number of nitrogens with zero attached hydrogens (tertiary/aromatic N) is 1. The summed E-state index contributed by atoms with van der Waals surface area (Å²) in [5.74, 6) is 4.77. The quantitative estimate of drug-likeness (QED) is 0.673. The van der Waals surface area contributed by atoms with Gasteiger partial charge in [0.1, 0.15) is 0 Å². The molecule has 68 valence electrons. The van der Waals surface area contributed by atoms with E-state index in [-0.39, 0.29) is 5.91 Å². The first-order chi connectivity index (χ1) is 6.74. The molecule has 0 atom stereocenters. The Kier molecular flexibility index (Phi) is 3.29. The lowest BCUT2D eigenvalue weighted by molar-refractivity contribution is -0.114. The summed E-state index contributed by atoms with van der Waals surface area (Å²) in [6.45, 7) is 1.43. The molecule has 0 bridgehead atoms. The molecule has 0 aliphatic rings. The summed E-state index contributed by atoms with van der Waals surface area (Å²) in [5.41, 5.74) is 1.27. The summed E-state index contributed by atoms with van der Waals surface area (Å²) in [6, 6.07) is 8.80. The highest BCUT2D eigenvalue weighted by Gasteiger charge is 1.99. The molecule has 0 radical (unpaired) electrons. The Morgan fingerprint density at radius 2 is 2.14 bits per heavy atom. The van der Waals surface area contributed by atoms with Crippen LogP contribution in [0, 0.1) is 23.2 Å². The first kappa shape index (κ1) is 9.83. The van der Waals surface area contributed by atoms with Crippen LogP contribution in [0.2, 0.25) is 0 Å². The molecule has 0 saturated heterocycles. The van der Waals surface area contributed by atoms with Crippen LogP contribution in [0.1, 0.15) is 12.5 Å². The largest absolute Gasteiger partial charge is 0.325 e. The van der Waals surface area contributed by atoms with E-state index >= 15 is 0 Å². The number of carbonyl (C=O) groups excluding carboxylic acids is 1. The molecule has 0 aliphatic heterocycles. The Morgan fingerprint density at radius 1 is 1.43 bits per heavy atom. The molecule has 1 N–H and O–H groups in total. The van der Waals surface area contributed by atoms with Crippen molar-refractivity contribution < 1.29 is 4.79 Å². The molecule has 0 unspecified atom stereocenters. The van der Waals surface area contributed by atoms with E-state index in [1.807, 2.05) is 0 Å². The van der Waals surface area contributed by atoms with Crippen LogP contribution in [0.5, 0.6) is 0 Å². The number of rotatable bonds is 1. The first-order valence-corrected chi connectivity index (χ1v) is 4.01. The minimum absolute atomic E-state index is 0.156. The summed E-state index contributed by atoms with van der Waals surface area (Å²) >= 11 is 0. The lowest BCUT2D eigenvalue weighted by Crippen LogP contribution is -2.06. The minimum atomic E-state index is -0.156. The fourth-order valence-corrected chi connectivity index (χ4v) is 0.986. The predicted octanol–water partition coefficient (Wildman–Crippen LogP) is 1.52. The van der Waals surface area contributed by atoms with Gasteiger partial charge < -0.3 is 5.32 Å². The number of anilines is 1. The van der Waals surface area contributed by atoms with Crippen LogP contribution in [0.4, 0.5) is 5.69 Å². The zero-order valence-corrected chi connectivity index (χ0v) is 7.66. The van der Waals surface area contributed by atoms with Crippen molar-refractivity contribution in [1.29, 1.82) is 5.26 Å². The Labute approximate surface area is 82.4 Å². The van der Waals surface area contributed by atoms with Gasteiger partial charge in [-0.1, -0.05) is 12.1 Å². The third-order valence-corrected chi connectivity index (χ3v) is 1.49. The maximum atomic E-state index is 10.8. The number of nitrogens with one attached hydrogen (secondary N) is 1. The number of carbonyl (C=O) groups is 1. The zero-order chi connectivity index (χ0) is 10.4. The van der Waals surface area contributed by atoms with Gasteiger partial charge in [0.15, 0.2) is 6.07 Å². The molecule has 0 fully saturated rings. The van der Waals surface area contributed by atoms with Gasteiger partial charge in [0.2, 0.25) is 5.91 Å². The molecule has 3 heteroatoms. The van der Waals surface area contributed by atoms with Gasteiger partial charge in [0.25, 0.3) is 0 Å². The number of nitriles is 1. The van der Waals surface area contributed by atoms with Crippen LogP contribution < -0.4 is 5.32 Å². The van der Waals surface area contributed by atoms with Gasteiger partial charge in [0, 0.05) is 18.4 Å². The molecule has 1 rings (SSSR count). The van der Waals surface area contributed by atoms with Crippen molar-refractivity contribution >= 4 is 11.6 Å². The topological polar surface area (TPSA) is 52.9 Å². The van der Waals surface area contributed by atoms with Crippen molar-refractivity contribution in [2.75, 3.05) is 5.32 Å². The summed E-state index contributed by atoms with van der Waals surface area (Å²) in [7, 11) is 0. The molecule has 3 nitrogen and oxygen atoms in total. The Balaban J connectivity index is 3.04. The van der Waals surface area contributed by atoms with Crippen LogP contribution in [-0.2, 0) is 4.79 Å². The fourth-order valence-electron chi connectivity index (χ4n) is 0.986. The first-order valence-electron chi connectivity index (χ1n) is 4.01. The molecule has 14 heavy (non-hydrogen) atoms. The monoisotopic (exact) mass is 184 g/mol. The number of benzene rings is 1. The average molecular weight is 184 g/mol. The fraction of sp³-hybridized carbons (Fsp3) is 0.0909. The smallest absolute Gasteiger partial charge is 0.221 e. The van der Waals surface area contributed by atoms with E-state index in [9.17, 15) is 4.79 Å². The number of para-hydroxylation sites is 1. The predicted molar refractivity (Wildman–Crippen MR) is 53.2 cm³/mol. The molecule has 0 spiro atoms. The summed E-state index contributed by atoms with van der Waals surface area (Å²) in [6.07, 6.45) is 0. The van der Waals surface area contributed by atoms with Crippen molar-refractivity contribution in [2.24, 2.45) is 0 Å². The van der Waals surface area contributed by atoms with E-state index in [1.165, 1.54) is 6.92 Å². The number of hydrogen-bond donors (Lipinski definition) is 1. The van der Waals surface area contributed by atoms with Crippen molar-refractivity contribution in [2.45, 2.75) is 6.92 Å². The van der Waals surface area contributed by atoms with Gasteiger partial charge in [-0.05, 0) is 18.1 Å². The zero-order valence-electron chi connectivity index (χ0n) is 7.66. The molecule has 0 saturated carbocycles. The normalized spacial score (nSPS) is 8.00. The highest BCUT2D eigenvalue weighted by molar-refractivity contribution is 5.90. The third-order valence-electron chi connectivity index (χ3n) is 1.49. The van der Waals surface area contributed by atoms with Crippen LogP contribution in [0.3, 0.4) is 0 Å². The van der Waals surface area contributed by atoms with Crippen molar-refractivity contribution in [3.8, 4) is 17.9 Å². The number of hydrogen-bond acceptors (Lipinski definition) is 2. The van der Waals surface area contributed by atoms with E-state index in [4.69, 9.17) is 5.26 Å². The van der Waals surface area contributed by atoms with Gasteiger partial charge in [0.05, 0.1) is 5.69 Å². The van der Waals surface area contributed by atoms with Crippen molar-refractivity contribution in [3.63, 3.8) is 0 Å². The van der Waals surface area contributed by atoms with Crippen LogP contribution >= 0.6 is 0 Å². The SMILES string of the molecule is CC(=O)Nc1ccccc1C#CC#N. The van der Waals surface area contributed by atoms with E-state index in [0.29, 0.717) is 11.3 Å². The van der Waals surface area contributed by atoms with Crippen molar-refractivity contribution in [1.82, 2.24) is 0 Å². The van der Waals surface area contributed by atoms with Crippen LogP contribution in [-0.4, -0.2) is 5.91 Å². The molecule has 1 amide bonds. The highest BCUT2D eigenvalue weighted by atomic mass is 16.1. The second kappa shape index (κ2) is 4.69. The van der Waals surface area contributed by atoms with E-state index < -0.39 is 0 Å². The second-order valence-electron chi connectivity index (χ2n) is 2.59. The maximum Gasteiger partial charge on any atom is 0.221 e. The molecule has 0 aromatic heterocycles. The lowest BCUT2D eigenvalue weighted by atomic mass is 10.2. The van der Waals surface area contributed by atoms with Gasteiger partial charge >= 0.3 is 0 Å². The van der Waals surface area contributed by atoms with E-state index in [2.05, 4.69) is 17.2 Å². The lowest BCUT2D eigenvalue weighted by Gasteiger charge is -2.03. The Hall–Kier alpha value is -2.26. The van der Waals surface area contributed by atoms with Crippen molar-refractivity contribution in [3.05, 3.63) is 29.8 Å². The van der Waals surface area contributed by atoms with E-state index in [0.717, 1.165) is 0 Å². The van der Waals surface area contributed by atoms with Gasteiger partial charge in [-0.25, -0.2) is 0 Å². The molecular weight excluding hydrogens is 176 g/mol. The highest BCUT2D eigenvalue weighted by Crippen LogP contribution is 2.12. The Bertz CT molecular complexity index is 446. The molecule has 1 aromatic carbocycles. The van der Waals surface area contributed by atoms with Crippen LogP contribution in [0.15, 0.2) is 24.3 Å². The van der Waals surface area contributed by atoms with E-state index in [1.54, 1.807) is 30.3 Å². The molecule has 0 aliphatic carbocycles. The third kappa shape index (κ3) is 2.66. The Morgan fingerprint density at radius 3 is 2.79 bits per heavy atom. The summed E-state index contributed by atoms with van der Waals surface area (Å²) < 4.78 is 0. The summed E-state index contributed by atoms with van der Waals surface area (Å²) in [5, 5.41) is 10.9. The molecule has 1 aromatic rings. The molecule has 0 heterocycles. The molecular formula is C11H8N2O. The minimum Gasteiger partial charge on any atom is -0.325 e. The standard InChI is InChI=1S/C11H8N2O/c1-9(14)13-11-7-3-2-5-10(11)6-4-8-12/h2-3,5,7H,1H3,(H,13,14). The second-order valence-corrected chi connectivity index (χ2v) is 2.59. The number of amides is 1. The summed E-state index contributed by atoms with van der Waals surface area (Å²) in [4.78, 5) is 10.8. The van der Waals surface area contributed by atoms with Gasteiger partial charge in [-0.15, -0.1) is 0 Å². The van der Waals surface area contributed by atoms with Gasteiger partial charge in [-0.2, -0.15) is 5.26 Å².